The number of hydrogen-bond donors (Lipinski definition) is 1. The number of aliphatic hydroxyl groups excluding tert-OH is 1. The molecule has 0 radical (unpaired) electrons. The van der Waals surface area contributed by atoms with Crippen LogP contribution in [0.25, 0.3) is 0 Å². The van der Waals surface area contributed by atoms with Crippen molar-refractivity contribution in [3.05, 3.63) is 29.8 Å². The number of ether oxygens (including phenoxy) is 1. The number of hydrogen-bond acceptors (Lipinski definition) is 3. The van der Waals surface area contributed by atoms with Crippen LogP contribution in [0.4, 0.5) is 0 Å². The Labute approximate surface area is 120 Å². The third-order valence-corrected chi connectivity index (χ3v) is 3.50. The molecule has 0 bridgehead atoms. The molecule has 19 heavy (non-hydrogen) atoms. The summed E-state index contributed by atoms with van der Waals surface area (Å²) in [6, 6.07) is 7.78. The second-order valence-corrected chi connectivity index (χ2v) is 5.34. The van der Waals surface area contributed by atoms with Crippen LogP contribution in [-0.2, 0) is 0 Å². The molecule has 0 aliphatic carbocycles. The fourth-order valence-electron chi connectivity index (χ4n) is 1.42. The molecular formula is C16H22O2S. The number of thioether (sulfide) groups is 1. The van der Waals surface area contributed by atoms with E-state index < -0.39 is 0 Å². The molecule has 0 saturated heterocycles. The fourth-order valence-corrected chi connectivity index (χ4v) is 2.32. The molecule has 2 nitrogen and oxygen atoms in total. The molecule has 0 saturated carbocycles. The second kappa shape index (κ2) is 10.8. The average molecular weight is 278 g/mol. The lowest BCUT2D eigenvalue weighted by atomic mass is 10.2. The van der Waals surface area contributed by atoms with Gasteiger partial charge in [0.2, 0.25) is 0 Å². The Bertz CT molecular complexity index is 389. The van der Waals surface area contributed by atoms with Crippen molar-refractivity contribution < 1.29 is 9.84 Å². The Morgan fingerprint density at radius 2 is 2.00 bits per heavy atom. The second-order valence-electron chi connectivity index (χ2n) is 4.11. The minimum atomic E-state index is 0.115. The van der Waals surface area contributed by atoms with E-state index in [9.17, 15) is 0 Å². The van der Waals surface area contributed by atoms with Crippen molar-refractivity contribution in [2.24, 2.45) is 0 Å². The van der Waals surface area contributed by atoms with Gasteiger partial charge in [0.1, 0.15) is 5.75 Å². The van der Waals surface area contributed by atoms with Gasteiger partial charge in [0.25, 0.3) is 0 Å². The van der Waals surface area contributed by atoms with Gasteiger partial charge >= 0.3 is 0 Å². The van der Waals surface area contributed by atoms with Gasteiger partial charge in [0, 0.05) is 17.7 Å². The fraction of sp³-hybridized carbons (Fsp3) is 0.500. The van der Waals surface area contributed by atoms with E-state index in [1.54, 1.807) is 0 Å². The summed E-state index contributed by atoms with van der Waals surface area (Å²) in [6.45, 7) is 3.08. The Kier molecular flexibility index (Phi) is 9.05. The summed E-state index contributed by atoms with van der Waals surface area (Å²) in [5.74, 6) is 9.05. The highest BCUT2D eigenvalue weighted by atomic mass is 32.2. The lowest BCUT2D eigenvalue weighted by molar-refractivity contribution is 0.305. The van der Waals surface area contributed by atoms with Crippen molar-refractivity contribution in [2.75, 3.05) is 24.7 Å². The summed E-state index contributed by atoms with van der Waals surface area (Å²) in [7, 11) is 0. The Morgan fingerprint density at radius 1 is 1.21 bits per heavy atom. The molecule has 0 amide bonds. The number of unbranched alkanes of at least 4 members (excludes halogenated alkanes) is 1. The number of rotatable bonds is 8. The first-order chi connectivity index (χ1) is 9.36. The summed E-state index contributed by atoms with van der Waals surface area (Å²) >= 11 is 1.94. The van der Waals surface area contributed by atoms with Gasteiger partial charge in [0.05, 0.1) is 13.2 Å². The SMILES string of the molecule is CCCCSCCOc1ccc(C#CCCO)cc1. The Balaban J connectivity index is 2.23. The third-order valence-electron chi connectivity index (χ3n) is 2.46. The first-order valence-electron chi connectivity index (χ1n) is 6.77. The number of benzene rings is 1. The van der Waals surface area contributed by atoms with Crippen molar-refractivity contribution >= 4 is 11.8 Å². The minimum Gasteiger partial charge on any atom is -0.493 e. The standard InChI is InChI=1S/C16H22O2S/c1-2-3-13-19-14-12-18-16-9-7-15(8-10-16)6-4-5-11-17/h7-10,17H,2-3,5,11-14H2,1H3. The smallest absolute Gasteiger partial charge is 0.119 e. The molecule has 0 aromatic heterocycles. The highest BCUT2D eigenvalue weighted by Crippen LogP contribution is 2.12. The molecule has 1 rings (SSSR count). The van der Waals surface area contributed by atoms with Crippen molar-refractivity contribution in [3.8, 4) is 17.6 Å². The van der Waals surface area contributed by atoms with Crippen LogP contribution < -0.4 is 4.74 Å². The van der Waals surface area contributed by atoms with E-state index in [4.69, 9.17) is 9.84 Å². The van der Waals surface area contributed by atoms with Gasteiger partial charge in [0.15, 0.2) is 0 Å². The van der Waals surface area contributed by atoms with Gasteiger partial charge < -0.3 is 9.84 Å². The third kappa shape index (κ3) is 7.81. The molecule has 0 fully saturated rings. The minimum absolute atomic E-state index is 0.115. The summed E-state index contributed by atoms with van der Waals surface area (Å²) < 4.78 is 5.66. The summed E-state index contributed by atoms with van der Waals surface area (Å²) in [4.78, 5) is 0. The van der Waals surface area contributed by atoms with Crippen LogP contribution >= 0.6 is 11.8 Å². The molecule has 0 atom stereocenters. The van der Waals surface area contributed by atoms with E-state index in [1.165, 1.54) is 18.6 Å². The van der Waals surface area contributed by atoms with Gasteiger partial charge in [-0.3, -0.25) is 0 Å². The van der Waals surface area contributed by atoms with Gasteiger partial charge in [-0.15, -0.1) is 0 Å². The van der Waals surface area contributed by atoms with Gasteiger partial charge in [-0.25, -0.2) is 0 Å². The van der Waals surface area contributed by atoms with E-state index >= 15 is 0 Å². The number of aliphatic hydroxyl groups is 1. The molecule has 0 aliphatic rings. The monoisotopic (exact) mass is 278 g/mol. The highest BCUT2D eigenvalue weighted by molar-refractivity contribution is 7.99. The van der Waals surface area contributed by atoms with Gasteiger partial charge in [-0.05, 0) is 36.4 Å². The molecule has 1 aromatic carbocycles. The molecule has 104 valence electrons. The summed E-state index contributed by atoms with van der Waals surface area (Å²) in [5.41, 5.74) is 0.957. The molecule has 1 aromatic rings. The van der Waals surface area contributed by atoms with Crippen LogP contribution in [0, 0.1) is 11.8 Å². The maximum Gasteiger partial charge on any atom is 0.119 e. The Morgan fingerprint density at radius 3 is 2.68 bits per heavy atom. The zero-order valence-electron chi connectivity index (χ0n) is 11.5. The molecular weight excluding hydrogens is 256 g/mol. The van der Waals surface area contributed by atoms with Crippen molar-refractivity contribution in [1.29, 1.82) is 0 Å². The lowest BCUT2D eigenvalue weighted by Crippen LogP contribution is -2.00. The van der Waals surface area contributed by atoms with Crippen LogP contribution in [-0.4, -0.2) is 29.8 Å². The molecule has 0 unspecified atom stereocenters. The zero-order valence-corrected chi connectivity index (χ0v) is 12.3. The van der Waals surface area contributed by atoms with Crippen LogP contribution in [0.5, 0.6) is 5.75 Å². The van der Waals surface area contributed by atoms with E-state index in [0.717, 1.165) is 23.7 Å². The largest absolute Gasteiger partial charge is 0.493 e. The van der Waals surface area contributed by atoms with E-state index in [1.807, 2.05) is 36.0 Å². The van der Waals surface area contributed by atoms with E-state index in [2.05, 4.69) is 18.8 Å². The van der Waals surface area contributed by atoms with Gasteiger partial charge in [-0.1, -0.05) is 25.2 Å². The van der Waals surface area contributed by atoms with Crippen LogP contribution in [0.2, 0.25) is 0 Å². The summed E-state index contributed by atoms with van der Waals surface area (Å²) in [5, 5.41) is 8.64. The maximum atomic E-state index is 8.64. The van der Waals surface area contributed by atoms with E-state index in [-0.39, 0.29) is 6.61 Å². The van der Waals surface area contributed by atoms with E-state index in [0.29, 0.717) is 6.42 Å². The molecule has 3 heteroatoms. The van der Waals surface area contributed by atoms with Gasteiger partial charge in [-0.2, -0.15) is 11.8 Å². The zero-order chi connectivity index (χ0) is 13.8. The first kappa shape index (κ1) is 15.9. The van der Waals surface area contributed by atoms with Crippen LogP contribution in [0.1, 0.15) is 31.7 Å². The van der Waals surface area contributed by atoms with Crippen molar-refractivity contribution in [3.63, 3.8) is 0 Å². The van der Waals surface area contributed by atoms with Crippen LogP contribution in [0.15, 0.2) is 24.3 Å². The first-order valence-corrected chi connectivity index (χ1v) is 7.92. The maximum absolute atomic E-state index is 8.64. The average Bonchev–Trinajstić information content (AvgIpc) is 2.44. The quantitative estimate of drug-likeness (QED) is 0.584. The molecule has 0 spiro atoms. The predicted octanol–water partition coefficient (Wildman–Crippen LogP) is 3.33. The van der Waals surface area contributed by atoms with Crippen molar-refractivity contribution in [2.45, 2.75) is 26.2 Å². The molecule has 1 N–H and O–H groups in total. The topological polar surface area (TPSA) is 29.5 Å². The molecule has 0 aliphatic heterocycles. The van der Waals surface area contributed by atoms with Crippen molar-refractivity contribution in [1.82, 2.24) is 0 Å². The highest BCUT2D eigenvalue weighted by Gasteiger charge is 1.94. The lowest BCUT2D eigenvalue weighted by Gasteiger charge is -2.05. The molecule has 0 heterocycles. The Hall–Kier alpha value is -1.11. The summed E-state index contributed by atoms with van der Waals surface area (Å²) in [6.07, 6.45) is 3.06. The predicted molar refractivity (Wildman–Crippen MR) is 82.8 cm³/mol. The van der Waals surface area contributed by atoms with Crippen LogP contribution in [0.3, 0.4) is 0 Å². The normalized spacial score (nSPS) is 9.79.